The van der Waals surface area contributed by atoms with E-state index in [1.165, 1.54) is 8.47 Å². The molecule has 1 aromatic rings. The van der Waals surface area contributed by atoms with Crippen LogP contribution in [0.25, 0.3) is 4.91 Å². The molecule has 3 heterocycles. The second-order valence-electron chi connectivity index (χ2n) is 4.65. The maximum absolute atomic E-state index is 11.9. The second-order valence-corrected chi connectivity index (χ2v) is 8.94. The number of aryl methyl sites for hydroxylation is 1. The summed E-state index contributed by atoms with van der Waals surface area (Å²) in [4.78, 5) is 16.9. The Bertz CT molecular complexity index is 726. The third kappa shape index (κ3) is 3.45. The predicted molar refractivity (Wildman–Crippen MR) is 102 cm³/mol. The van der Waals surface area contributed by atoms with Crippen molar-refractivity contribution in [3.8, 4) is 0 Å². The van der Waals surface area contributed by atoms with Gasteiger partial charge in [0.25, 0.3) is 0 Å². The number of aromatic nitrogens is 2. The van der Waals surface area contributed by atoms with E-state index in [9.17, 15) is 4.79 Å². The van der Waals surface area contributed by atoms with Crippen LogP contribution in [0.1, 0.15) is 25.3 Å². The van der Waals surface area contributed by atoms with Gasteiger partial charge in [-0.2, -0.15) is 4.98 Å². The smallest absolute Gasteiger partial charge is 0.349 e. The van der Waals surface area contributed by atoms with Crippen molar-refractivity contribution >= 4 is 57.8 Å². The summed E-state index contributed by atoms with van der Waals surface area (Å²) in [6.45, 7) is 2.79. The minimum absolute atomic E-state index is 0.268. The molecule has 0 unspecified atom stereocenters. The molecule has 0 saturated heterocycles. The predicted octanol–water partition coefficient (Wildman–Crippen LogP) is 4.48. The van der Waals surface area contributed by atoms with Gasteiger partial charge in [-0.15, -0.1) is 0 Å². The highest BCUT2D eigenvalue weighted by Gasteiger charge is 2.22. The maximum atomic E-state index is 11.9. The molecule has 0 fully saturated rings. The Labute approximate surface area is 146 Å². The van der Waals surface area contributed by atoms with Gasteiger partial charge in [0.15, 0.2) is 0 Å². The van der Waals surface area contributed by atoms with Crippen molar-refractivity contribution in [2.75, 3.05) is 5.73 Å². The van der Waals surface area contributed by atoms with E-state index in [-0.39, 0.29) is 5.69 Å². The van der Waals surface area contributed by atoms with Gasteiger partial charge in [-0.05, 0) is 22.6 Å². The molecule has 2 N–H and O–H groups in total. The lowest BCUT2D eigenvalue weighted by atomic mass is 10.3. The van der Waals surface area contributed by atoms with E-state index in [4.69, 9.17) is 5.73 Å². The summed E-state index contributed by atoms with van der Waals surface area (Å²) in [5, 5.41) is 6.27. The first kappa shape index (κ1) is 16.2. The van der Waals surface area contributed by atoms with Crippen LogP contribution < -0.4 is 11.4 Å². The fourth-order valence-electron chi connectivity index (χ4n) is 1.95. The zero-order valence-corrected chi connectivity index (χ0v) is 15.2. The van der Waals surface area contributed by atoms with Gasteiger partial charge < -0.3 is 5.73 Å². The number of thioether (sulfide) groups is 4. The summed E-state index contributed by atoms with van der Waals surface area (Å²) in [7, 11) is 0. The van der Waals surface area contributed by atoms with Gasteiger partial charge in [-0.25, -0.2) is 4.79 Å². The average molecular weight is 370 g/mol. The maximum Gasteiger partial charge on any atom is 0.349 e. The van der Waals surface area contributed by atoms with Crippen molar-refractivity contribution in [3.05, 3.63) is 46.9 Å². The number of nitrogen functional groups attached to an aromatic ring is 1. The summed E-state index contributed by atoms with van der Waals surface area (Å²) in [5.41, 5.74) is 6.55. The highest BCUT2D eigenvalue weighted by molar-refractivity contribution is 8.35. The number of hydrogen-bond acceptors (Lipinski definition) is 7. The Morgan fingerprint density at radius 1 is 1.23 bits per heavy atom. The SMILES string of the molecule is CCCCn1cc(C2=CSC(=C3SC=CS3)S2)c(N)nc1=O. The van der Waals surface area contributed by atoms with Gasteiger partial charge in [0.05, 0.1) is 8.47 Å². The Morgan fingerprint density at radius 3 is 2.73 bits per heavy atom. The number of unbranched alkanes of at least 4 members (excludes halogenated alkanes) is 1. The Hall–Kier alpha value is -0.700. The van der Waals surface area contributed by atoms with E-state index in [0.717, 1.165) is 23.3 Å². The highest BCUT2D eigenvalue weighted by atomic mass is 32.2. The molecule has 3 rings (SSSR count). The van der Waals surface area contributed by atoms with Crippen LogP contribution in [0.4, 0.5) is 5.82 Å². The molecule has 0 saturated carbocycles. The molecule has 0 atom stereocenters. The van der Waals surface area contributed by atoms with Crippen LogP contribution in [0.3, 0.4) is 0 Å². The molecule has 0 bridgehead atoms. The van der Waals surface area contributed by atoms with Gasteiger partial charge in [0.1, 0.15) is 5.82 Å². The van der Waals surface area contributed by atoms with E-state index in [0.29, 0.717) is 12.4 Å². The summed E-state index contributed by atoms with van der Waals surface area (Å²) in [6.07, 6.45) is 3.85. The molecule has 0 radical (unpaired) electrons. The zero-order chi connectivity index (χ0) is 15.5. The van der Waals surface area contributed by atoms with Crippen LogP contribution in [-0.4, -0.2) is 9.55 Å². The zero-order valence-electron chi connectivity index (χ0n) is 11.9. The third-order valence-corrected chi connectivity index (χ3v) is 8.14. The molecular weight excluding hydrogens is 354 g/mol. The quantitative estimate of drug-likeness (QED) is 0.839. The number of nitrogens with two attached hydrogens (primary N) is 1. The fourth-order valence-corrected chi connectivity index (χ4v) is 6.44. The lowest BCUT2D eigenvalue weighted by Crippen LogP contribution is -2.24. The van der Waals surface area contributed by atoms with E-state index in [1.54, 1.807) is 51.6 Å². The molecule has 0 aromatic carbocycles. The van der Waals surface area contributed by atoms with Crippen LogP contribution in [0.5, 0.6) is 0 Å². The van der Waals surface area contributed by atoms with Crippen LogP contribution >= 0.6 is 47.0 Å². The van der Waals surface area contributed by atoms with E-state index in [1.807, 2.05) is 6.20 Å². The Kier molecular flexibility index (Phi) is 5.33. The average Bonchev–Trinajstić information content (AvgIpc) is 3.17. The summed E-state index contributed by atoms with van der Waals surface area (Å²) in [5.74, 6) is 0.313. The van der Waals surface area contributed by atoms with E-state index < -0.39 is 0 Å². The topological polar surface area (TPSA) is 60.9 Å². The number of rotatable bonds is 4. The van der Waals surface area contributed by atoms with Gasteiger partial charge in [-0.3, -0.25) is 4.57 Å². The molecule has 22 heavy (non-hydrogen) atoms. The van der Waals surface area contributed by atoms with Gasteiger partial charge in [0, 0.05) is 23.2 Å². The summed E-state index contributed by atoms with van der Waals surface area (Å²) < 4.78 is 4.22. The number of hydrogen-bond donors (Lipinski definition) is 1. The second kappa shape index (κ2) is 7.25. The number of anilines is 1. The molecule has 2 aliphatic rings. The fraction of sp³-hybridized carbons (Fsp3) is 0.286. The molecule has 0 spiro atoms. The van der Waals surface area contributed by atoms with E-state index >= 15 is 0 Å². The van der Waals surface area contributed by atoms with Crippen molar-refractivity contribution in [2.24, 2.45) is 0 Å². The largest absolute Gasteiger partial charge is 0.383 e. The Morgan fingerprint density at radius 2 is 2.00 bits per heavy atom. The normalized spacial score (nSPS) is 17.4. The Balaban J connectivity index is 1.86. The van der Waals surface area contributed by atoms with Crippen molar-refractivity contribution in [3.63, 3.8) is 0 Å². The molecule has 1 aromatic heterocycles. The third-order valence-electron chi connectivity index (χ3n) is 3.09. The van der Waals surface area contributed by atoms with Crippen LogP contribution in [0.2, 0.25) is 0 Å². The minimum Gasteiger partial charge on any atom is -0.383 e. The number of nitrogens with zero attached hydrogens (tertiary/aromatic N) is 2. The molecule has 4 nitrogen and oxygen atoms in total. The summed E-state index contributed by atoms with van der Waals surface area (Å²) >= 11 is 6.89. The van der Waals surface area contributed by atoms with E-state index in [2.05, 4.69) is 28.1 Å². The molecule has 0 aliphatic carbocycles. The van der Waals surface area contributed by atoms with Gasteiger partial charge in [0.2, 0.25) is 0 Å². The summed E-state index contributed by atoms with van der Waals surface area (Å²) in [6, 6.07) is 0. The van der Waals surface area contributed by atoms with Gasteiger partial charge in [-0.1, -0.05) is 60.4 Å². The first-order valence-electron chi connectivity index (χ1n) is 6.83. The first-order chi connectivity index (χ1) is 10.7. The lowest BCUT2D eigenvalue weighted by Gasteiger charge is -2.10. The molecular formula is C14H15N3OS4. The lowest BCUT2D eigenvalue weighted by molar-refractivity contribution is 0.599. The van der Waals surface area contributed by atoms with Crippen molar-refractivity contribution in [1.82, 2.24) is 9.55 Å². The van der Waals surface area contributed by atoms with Crippen molar-refractivity contribution in [2.45, 2.75) is 26.3 Å². The molecule has 116 valence electrons. The van der Waals surface area contributed by atoms with Gasteiger partial charge >= 0.3 is 5.69 Å². The molecule has 8 heteroatoms. The van der Waals surface area contributed by atoms with Crippen molar-refractivity contribution < 1.29 is 0 Å². The highest BCUT2D eigenvalue weighted by Crippen LogP contribution is 2.55. The first-order valence-corrected chi connectivity index (χ1v) is 10.3. The molecule has 2 aliphatic heterocycles. The monoisotopic (exact) mass is 369 g/mol. The van der Waals surface area contributed by atoms with Crippen LogP contribution in [-0.2, 0) is 6.54 Å². The molecule has 0 amide bonds. The minimum atomic E-state index is -0.268. The standard InChI is InChI=1S/C14H15N3OS4/c1-2-3-4-17-7-9(11(15)16-14(17)18)10-8-21-13(22-10)12-19-5-6-20-12/h5-8H,2-4H2,1H3,(H2,15,16,18). The van der Waals surface area contributed by atoms with Crippen LogP contribution in [0.15, 0.2) is 35.7 Å². The van der Waals surface area contributed by atoms with Crippen molar-refractivity contribution in [1.29, 1.82) is 0 Å². The van der Waals surface area contributed by atoms with Crippen LogP contribution in [0, 0.1) is 0 Å².